The van der Waals surface area contributed by atoms with Crippen molar-refractivity contribution < 1.29 is 9.53 Å². The van der Waals surface area contributed by atoms with Crippen molar-refractivity contribution in [1.29, 1.82) is 0 Å². The van der Waals surface area contributed by atoms with E-state index >= 15 is 0 Å². The third kappa shape index (κ3) is 6.90. The first kappa shape index (κ1) is 26.2. The van der Waals surface area contributed by atoms with Gasteiger partial charge in [-0.3, -0.25) is 4.79 Å². The van der Waals surface area contributed by atoms with E-state index in [1.165, 1.54) is 16.9 Å². The molecule has 4 aromatic carbocycles. The van der Waals surface area contributed by atoms with Gasteiger partial charge in [0, 0.05) is 38.3 Å². The lowest BCUT2D eigenvalue weighted by Crippen LogP contribution is -2.17. The van der Waals surface area contributed by atoms with E-state index in [4.69, 9.17) is 16.3 Å². The number of carbonyl (C=O) groups excluding carboxylic acids is 1. The van der Waals surface area contributed by atoms with Crippen molar-refractivity contribution in [2.75, 3.05) is 5.32 Å². The zero-order valence-corrected chi connectivity index (χ0v) is 22.7. The second kappa shape index (κ2) is 12.4. The van der Waals surface area contributed by atoms with E-state index in [1.807, 2.05) is 78.2 Å². The van der Waals surface area contributed by atoms with Crippen LogP contribution in [0, 0.1) is 6.92 Å². The van der Waals surface area contributed by atoms with Crippen molar-refractivity contribution in [3.8, 4) is 17.0 Å². The molecule has 0 atom stereocenters. The van der Waals surface area contributed by atoms with Gasteiger partial charge in [-0.25, -0.2) is 10.4 Å². The third-order valence-electron chi connectivity index (χ3n) is 5.88. The third-order valence-corrected chi connectivity index (χ3v) is 7.01. The Morgan fingerprint density at radius 3 is 2.51 bits per heavy atom. The molecular weight excluding hydrogens is 528 g/mol. The average molecular weight is 553 g/mol. The summed E-state index contributed by atoms with van der Waals surface area (Å²) < 4.78 is 5.94. The predicted octanol–water partition coefficient (Wildman–Crippen LogP) is 7.86. The topological polar surface area (TPSA) is 75.6 Å². The van der Waals surface area contributed by atoms with Crippen molar-refractivity contribution in [3.63, 3.8) is 0 Å². The van der Waals surface area contributed by atoms with Crippen LogP contribution in [0.1, 0.15) is 27.0 Å². The van der Waals surface area contributed by atoms with Crippen LogP contribution in [0.5, 0.6) is 5.75 Å². The van der Waals surface area contributed by atoms with Crippen molar-refractivity contribution in [3.05, 3.63) is 130 Å². The van der Waals surface area contributed by atoms with Crippen LogP contribution in [0.2, 0.25) is 5.02 Å². The molecule has 194 valence electrons. The Labute approximate surface area is 236 Å². The van der Waals surface area contributed by atoms with Crippen LogP contribution < -0.4 is 15.5 Å². The Morgan fingerprint density at radius 2 is 1.72 bits per heavy atom. The van der Waals surface area contributed by atoms with E-state index in [1.54, 1.807) is 18.3 Å². The number of ether oxygens (including phenoxy) is 1. The number of hydrogen-bond acceptors (Lipinski definition) is 6. The first-order valence-corrected chi connectivity index (χ1v) is 13.5. The highest BCUT2D eigenvalue weighted by molar-refractivity contribution is 7.14. The SMILES string of the molecule is Cc1ccc(Nc2nc(-c3ccc(C(=O)N/N=C\c4ccccc4OCc4ccccc4Cl)cc3)cs2)cc1. The number of para-hydroxylation sites is 1. The van der Waals surface area contributed by atoms with Crippen molar-refractivity contribution in [2.45, 2.75) is 13.5 Å². The van der Waals surface area contributed by atoms with E-state index in [9.17, 15) is 4.79 Å². The highest BCUT2D eigenvalue weighted by atomic mass is 35.5. The van der Waals surface area contributed by atoms with E-state index < -0.39 is 0 Å². The number of aromatic nitrogens is 1. The first-order valence-electron chi connectivity index (χ1n) is 12.2. The zero-order chi connectivity index (χ0) is 27.0. The van der Waals surface area contributed by atoms with Crippen LogP contribution in [0.25, 0.3) is 11.3 Å². The molecule has 2 N–H and O–H groups in total. The molecule has 0 bridgehead atoms. The number of anilines is 2. The molecule has 0 saturated heterocycles. The molecule has 39 heavy (non-hydrogen) atoms. The van der Waals surface area contributed by atoms with Crippen LogP contribution in [-0.2, 0) is 6.61 Å². The van der Waals surface area contributed by atoms with E-state index in [0.29, 0.717) is 22.9 Å². The van der Waals surface area contributed by atoms with Crippen molar-refractivity contribution in [1.82, 2.24) is 10.4 Å². The van der Waals surface area contributed by atoms with Gasteiger partial charge in [0.05, 0.1) is 11.9 Å². The van der Waals surface area contributed by atoms with Crippen LogP contribution >= 0.6 is 22.9 Å². The second-order valence-corrected chi connectivity index (χ2v) is 9.99. The highest BCUT2D eigenvalue weighted by Crippen LogP contribution is 2.27. The lowest BCUT2D eigenvalue weighted by molar-refractivity contribution is 0.0955. The fraction of sp³-hybridized carbons (Fsp3) is 0.0645. The molecule has 5 aromatic rings. The van der Waals surface area contributed by atoms with Gasteiger partial charge in [0.15, 0.2) is 5.13 Å². The lowest BCUT2D eigenvalue weighted by Gasteiger charge is -2.10. The molecule has 0 aliphatic heterocycles. The maximum atomic E-state index is 12.7. The van der Waals surface area contributed by atoms with E-state index in [0.717, 1.165) is 33.2 Å². The Balaban J connectivity index is 1.18. The summed E-state index contributed by atoms with van der Waals surface area (Å²) in [5, 5.41) is 10.9. The summed E-state index contributed by atoms with van der Waals surface area (Å²) >= 11 is 7.76. The minimum absolute atomic E-state index is 0.313. The molecule has 1 amide bonds. The molecule has 1 heterocycles. The monoisotopic (exact) mass is 552 g/mol. The summed E-state index contributed by atoms with van der Waals surface area (Å²) in [7, 11) is 0. The number of hydrazone groups is 1. The number of aryl methyl sites for hydroxylation is 1. The molecule has 0 saturated carbocycles. The molecule has 0 aliphatic rings. The summed E-state index contributed by atoms with van der Waals surface area (Å²) in [5.74, 6) is 0.326. The molecular formula is C31H25ClN4O2S. The molecule has 0 aliphatic carbocycles. The molecule has 8 heteroatoms. The standard InChI is InChI=1S/C31H25ClN4O2S/c1-21-10-16-26(17-11-21)34-31-35-28(20-39-31)22-12-14-23(15-13-22)30(37)36-33-18-24-6-3-5-9-29(24)38-19-25-7-2-4-8-27(25)32/h2-18,20H,19H2,1H3,(H,34,35)(H,36,37)/b33-18-. The van der Waals surface area contributed by atoms with Gasteiger partial charge in [0.25, 0.3) is 5.91 Å². The number of carbonyl (C=O) groups is 1. The fourth-order valence-electron chi connectivity index (χ4n) is 3.73. The summed E-state index contributed by atoms with van der Waals surface area (Å²) in [6.45, 7) is 2.38. The zero-order valence-electron chi connectivity index (χ0n) is 21.1. The molecule has 0 fully saturated rings. The van der Waals surface area contributed by atoms with Crippen molar-refractivity contribution >= 4 is 45.9 Å². The maximum absolute atomic E-state index is 12.7. The van der Waals surface area contributed by atoms with Gasteiger partial charge in [-0.2, -0.15) is 5.10 Å². The molecule has 0 radical (unpaired) electrons. The van der Waals surface area contributed by atoms with Gasteiger partial charge in [0.2, 0.25) is 0 Å². The molecule has 6 nitrogen and oxygen atoms in total. The van der Waals surface area contributed by atoms with Gasteiger partial charge in [-0.05, 0) is 49.4 Å². The van der Waals surface area contributed by atoms with E-state index in [-0.39, 0.29) is 5.91 Å². The lowest BCUT2D eigenvalue weighted by atomic mass is 10.1. The number of hydrogen-bond donors (Lipinski definition) is 2. The number of nitrogens with one attached hydrogen (secondary N) is 2. The Morgan fingerprint density at radius 1 is 0.974 bits per heavy atom. The van der Waals surface area contributed by atoms with Gasteiger partial charge < -0.3 is 10.1 Å². The Kier molecular flexibility index (Phi) is 8.31. The first-order chi connectivity index (χ1) is 19.0. The minimum atomic E-state index is -0.313. The quantitative estimate of drug-likeness (QED) is 0.144. The fourth-order valence-corrected chi connectivity index (χ4v) is 4.66. The van der Waals surface area contributed by atoms with Crippen LogP contribution in [-0.4, -0.2) is 17.1 Å². The minimum Gasteiger partial charge on any atom is -0.488 e. The van der Waals surface area contributed by atoms with Crippen LogP contribution in [0.3, 0.4) is 0 Å². The summed E-state index contributed by atoms with van der Waals surface area (Å²) in [6, 6.07) is 30.4. The van der Waals surface area contributed by atoms with Gasteiger partial charge in [0.1, 0.15) is 12.4 Å². The molecule has 1 aromatic heterocycles. The normalized spacial score (nSPS) is 10.9. The smallest absolute Gasteiger partial charge is 0.271 e. The molecule has 0 unspecified atom stereocenters. The Hall–Kier alpha value is -4.46. The van der Waals surface area contributed by atoms with Gasteiger partial charge >= 0.3 is 0 Å². The number of benzene rings is 4. The molecule has 5 rings (SSSR count). The van der Waals surface area contributed by atoms with Crippen molar-refractivity contribution in [2.24, 2.45) is 5.10 Å². The Bertz CT molecular complexity index is 1600. The number of thiazole rings is 1. The number of amides is 1. The van der Waals surface area contributed by atoms with Gasteiger partial charge in [-0.1, -0.05) is 71.8 Å². The van der Waals surface area contributed by atoms with E-state index in [2.05, 4.69) is 39.9 Å². The maximum Gasteiger partial charge on any atom is 0.271 e. The summed E-state index contributed by atoms with van der Waals surface area (Å²) in [5.41, 5.74) is 8.66. The van der Waals surface area contributed by atoms with Gasteiger partial charge in [-0.15, -0.1) is 11.3 Å². The van der Waals surface area contributed by atoms with Crippen LogP contribution in [0.4, 0.5) is 10.8 Å². The second-order valence-electron chi connectivity index (χ2n) is 8.72. The number of halogens is 1. The average Bonchev–Trinajstić information content (AvgIpc) is 3.43. The summed E-state index contributed by atoms with van der Waals surface area (Å²) in [4.78, 5) is 17.3. The number of nitrogens with zero attached hydrogens (tertiary/aromatic N) is 2. The summed E-state index contributed by atoms with van der Waals surface area (Å²) in [6.07, 6.45) is 1.56. The molecule has 0 spiro atoms. The largest absolute Gasteiger partial charge is 0.488 e. The van der Waals surface area contributed by atoms with Crippen LogP contribution in [0.15, 0.2) is 108 Å². The predicted molar refractivity (Wildman–Crippen MR) is 159 cm³/mol. The highest BCUT2D eigenvalue weighted by Gasteiger charge is 2.09. The number of rotatable bonds is 9.